The van der Waals surface area contributed by atoms with Crippen molar-refractivity contribution in [2.24, 2.45) is 7.05 Å². The molecule has 2 aromatic heterocycles. The topological polar surface area (TPSA) is 101 Å². The fourth-order valence-corrected chi connectivity index (χ4v) is 4.45. The van der Waals surface area contributed by atoms with Crippen LogP contribution in [0, 0.1) is 6.92 Å². The average Bonchev–Trinajstić information content (AvgIpc) is 3.42. The van der Waals surface area contributed by atoms with Crippen molar-refractivity contribution in [1.29, 1.82) is 0 Å². The average molecular weight is 494 g/mol. The molecule has 8 heteroatoms. The van der Waals surface area contributed by atoms with Gasteiger partial charge in [0.2, 0.25) is 5.91 Å². The van der Waals surface area contributed by atoms with Gasteiger partial charge in [-0.1, -0.05) is 42.5 Å². The number of aromatic nitrogens is 3. The Morgan fingerprint density at radius 1 is 0.919 bits per heavy atom. The van der Waals surface area contributed by atoms with Crippen molar-refractivity contribution < 1.29 is 9.59 Å². The monoisotopic (exact) mass is 493 g/mol. The number of aryl methyl sites for hydroxylation is 1. The molecule has 0 atom stereocenters. The molecule has 5 rings (SSSR count). The van der Waals surface area contributed by atoms with Gasteiger partial charge in [0.1, 0.15) is 5.69 Å². The van der Waals surface area contributed by atoms with Gasteiger partial charge < -0.3 is 15.6 Å². The third-order valence-electron chi connectivity index (χ3n) is 6.50. The normalized spacial score (nSPS) is 11.0. The van der Waals surface area contributed by atoms with E-state index in [2.05, 4.69) is 15.6 Å². The summed E-state index contributed by atoms with van der Waals surface area (Å²) in [4.78, 5) is 42.0. The van der Waals surface area contributed by atoms with Gasteiger partial charge in [-0.2, -0.15) is 0 Å². The Morgan fingerprint density at radius 2 is 1.68 bits per heavy atom. The highest BCUT2D eigenvalue weighted by atomic mass is 16.2. The minimum Gasteiger partial charge on any atom is -0.361 e. The van der Waals surface area contributed by atoms with E-state index >= 15 is 0 Å². The van der Waals surface area contributed by atoms with Crippen LogP contribution >= 0.6 is 0 Å². The van der Waals surface area contributed by atoms with Crippen LogP contribution in [0.25, 0.3) is 16.6 Å². The van der Waals surface area contributed by atoms with E-state index in [1.165, 1.54) is 4.68 Å². The van der Waals surface area contributed by atoms with Gasteiger partial charge in [0.25, 0.3) is 11.5 Å². The summed E-state index contributed by atoms with van der Waals surface area (Å²) in [5.41, 5.74) is 4.20. The van der Waals surface area contributed by atoms with E-state index in [1.54, 1.807) is 42.9 Å². The van der Waals surface area contributed by atoms with Gasteiger partial charge in [0.05, 0.1) is 11.4 Å². The van der Waals surface area contributed by atoms with Crippen molar-refractivity contribution in [1.82, 2.24) is 14.3 Å². The second kappa shape index (κ2) is 10.0. The minimum absolute atomic E-state index is 0.146. The number of carbonyl (C=O) groups excluding carboxylic acids is 2. The molecule has 0 saturated heterocycles. The summed E-state index contributed by atoms with van der Waals surface area (Å²) >= 11 is 0. The van der Waals surface area contributed by atoms with Gasteiger partial charge >= 0.3 is 0 Å². The SMILES string of the molecule is Cc1c(NC(=O)c2cccc(NC(=O)CCc3c[nH]c4ccccc34)c2)c(=O)n(-c2ccccc2)n1C. The molecule has 3 N–H and O–H groups in total. The van der Waals surface area contributed by atoms with Crippen LogP contribution in [0.3, 0.4) is 0 Å². The Bertz CT molecular complexity index is 1660. The van der Waals surface area contributed by atoms with Crippen molar-refractivity contribution in [3.05, 3.63) is 112 Å². The highest BCUT2D eigenvalue weighted by molar-refractivity contribution is 6.05. The molecule has 0 bridgehead atoms. The molecule has 0 fully saturated rings. The molecule has 0 unspecified atom stereocenters. The van der Waals surface area contributed by atoms with Gasteiger partial charge in [-0.25, -0.2) is 4.68 Å². The highest BCUT2D eigenvalue weighted by Gasteiger charge is 2.19. The Balaban J connectivity index is 1.27. The maximum atomic E-state index is 13.1. The van der Waals surface area contributed by atoms with E-state index in [4.69, 9.17) is 0 Å². The quantitative estimate of drug-likeness (QED) is 0.304. The zero-order valence-electron chi connectivity index (χ0n) is 20.6. The molecule has 2 heterocycles. The van der Waals surface area contributed by atoms with Crippen molar-refractivity contribution in [2.45, 2.75) is 19.8 Å². The number of H-pyrrole nitrogens is 1. The lowest BCUT2D eigenvalue weighted by molar-refractivity contribution is -0.116. The first kappa shape index (κ1) is 23.9. The number of hydrogen-bond acceptors (Lipinski definition) is 3. The first-order valence-electron chi connectivity index (χ1n) is 12.0. The van der Waals surface area contributed by atoms with E-state index in [0.29, 0.717) is 35.5 Å². The number of para-hydroxylation sites is 2. The summed E-state index contributed by atoms with van der Waals surface area (Å²) in [5, 5.41) is 6.74. The molecule has 0 spiro atoms. The van der Waals surface area contributed by atoms with Crippen molar-refractivity contribution in [3.8, 4) is 5.69 Å². The molecule has 2 amide bonds. The van der Waals surface area contributed by atoms with E-state index in [0.717, 1.165) is 16.5 Å². The van der Waals surface area contributed by atoms with Gasteiger partial charge in [-0.3, -0.25) is 19.1 Å². The number of nitrogens with one attached hydrogen (secondary N) is 3. The van der Waals surface area contributed by atoms with E-state index < -0.39 is 5.91 Å². The number of rotatable bonds is 7. The number of hydrogen-bond donors (Lipinski definition) is 3. The zero-order chi connectivity index (χ0) is 25.9. The molecular weight excluding hydrogens is 466 g/mol. The molecule has 5 aromatic rings. The van der Waals surface area contributed by atoms with Crippen molar-refractivity contribution in [3.63, 3.8) is 0 Å². The lowest BCUT2D eigenvalue weighted by Crippen LogP contribution is -2.23. The van der Waals surface area contributed by atoms with Crippen LogP contribution in [0.15, 0.2) is 89.9 Å². The summed E-state index contributed by atoms with van der Waals surface area (Å²) in [5.74, 6) is -0.576. The fourth-order valence-electron chi connectivity index (χ4n) is 4.45. The largest absolute Gasteiger partial charge is 0.361 e. The lowest BCUT2D eigenvalue weighted by Gasteiger charge is -2.08. The molecule has 0 aliphatic carbocycles. The third kappa shape index (κ3) is 4.81. The predicted octanol–water partition coefficient (Wildman–Crippen LogP) is 4.79. The van der Waals surface area contributed by atoms with E-state index in [-0.39, 0.29) is 17.2 Å². The maximum Gasteiger partial charge on any atom is 0.295 e. The summed E-state index contributed by atoms with van der Waals surface area (Å²) in [7, 11) is 1.77. The molecule has 37 heavy (non-hydrogen) atoms. The molecular formula is C29H27N5O3. The molecule has 8 nitrogen and oxygen atoms in total. The first-order chi connectivity index (χ1) is 17.9. The van der Waals surface area contributed by atoms with Crippen LogP contribution in [-0.2, 0) is 18.3 Å². The molecule has 0 aliphatic rings. The maximum absolute atomic E-state index is 13.1. The number of nitrogens with zero attached hydrogens (tertiary/aromatic N) is 2. The van der Waals surface area contributed by atoms with Gasteiger partial charge in [-0.05, 0) is 55.3 Å². The molecule has 0 aliphatic heterocycles. The van der Waals surface area contributed by atoms with Crippen LogP contribution in [0.1, 0.15) is 28.0 Å². The molecule has 3 aromatic carbocycles. The number of carbonyl (C=O) groups is 2. The second-order valence-electron chi connectivity index (χ2n) is 8.88. The summed E-state index contributed by atoms with van der Waals surface area (Å²) in [6.07, 6.45) is 2.83. The standard InChI is InChI=1S/C29H27N5O3/c1-19-27(29(37)34(33(19)2)23-11-4-3-5-12-23)32-28(36)20-9-8-10-22(17-20)31-26(35)16-15-21-18-30-25-14-7-6-13-24(21)25/h3-14,17-18,30H,15-16H2,1-2H3,(H,31,35)(H,32,36). The Labute approximate surface area is 213 Å². The molecule has 0 saturated carbocycles. The summed E-state index contributed by atoms with van der Waals surface area (Å²) in [6.45, 7) is 1.78. The number of amides is 2. The smallest absolute Gasteiger partial charge is 0.295 e. The number of benzene rings is 3. The van der Waals surface area contributed by atoms with Crippen molar-refractivity contribution in [2.75, 3.05) is 10.6 Å². The number of anilines is 2. The van der Waals surface area contributed by atoms with Crippen LogP contribution in [0.4, 0.5) is 11.4 Å². The molecule has 0 radical (unpaired) electrons. The summed E-state index contributed by atoms with van der Waals surface area (Å²) < 4.78 is 3.22. The van der Waals surface area contributed by atoms with E-state index in [1.807, 2.05) is 60.8 Å². The van der Waals surface area contributed by atoms with Crippen molar-refractivity contribution >= 4 is 34.1 Å². The number of aromatic amines is 1. The zero-order valence-corrected chi connectivity index (χ0v) is 20.6. The second-order valence-corrected chi connectivity index (χ2v) is 8.88. The Morgan fingerprint density at radius 3 is 2.49 bits per heavy atom. The summed E-state index contributed by atoms with van der Waals surface area (Å²) in [6, 6.07) is 23.9. The minimum atomic E-state index is -0.430. The third-order valence-corrected chi connectivity index (χ3v) is 6.50. The highest BCUT2D eigenvalue weighted by Crippen LogP contribution is 2.20. The van der Waals surface area contributed by atoms with Crippen LogP contribution in [0.2, 0.25) is 0 Å². The molecule has 186 valence electrons. The Kier molecular flexibility index (Phi) is 6.47. The van der Waals surface area contributed by atoms with Gasteiger partial charge in [-0.15, -0.1) is 0 Å². The van der Waals surface area contributed by atoms with Gasteiger partial charge in [0, 0.05) is 41.8 Å². The van der Waals surface area contributed by atoms with Crippen LogP contribution in [-0.4, -0.2) is 26.2 Å². The number of fused-ring (bicyclic) bond motifs is 1. The van der Waals surface area contributed by atoms with Gasteiger partial charge in [0.15, 0.2) is 0 Å². The van der Waals surface area contributed by atoms with Crippen LogP contribution < -0.4 is 16.2 Å². The first-order valence-corrected chi connectivity index (χ1v) is 12.0. The Hall–Kier alpha value is -4.85. The lowest BCUT2D eigenvalue weighted by atomic mass is 10.1. The predicted molar refractivity (Wildman–Crippen MR) is 145 cm³/mol. The van der Waals surface area contributed by atoms with Crippen LogP contribution in [0.5, 0.6) is 0 Å². The van der Waals surface area contributed by atoms with E-state index in [9.17, 15) is 14.4 Å². The fraction of sp³-hybridized carbons (Fsp3) is 0.138.